The van der Waals surface area contributed by atoms with E-state index in [2.05, 4.69) is 16.0 Å². The van der Waals surface area contributed by atoms with E-state index in [0.29, 0.717) is 21.3 Å². The highest BCUT2D eigenvalue weighted by atomic mass is 35.5. The molecule has 3 nitrogen and oxygen atoms in total. The average molecular weight is 388 g/mol. The molecule has 0 unspecified atom stereocenters. The van der Waals surface area contributed by atoms with Crippen molar-refractivity contribution in [2.75, 3.05) is 0 Å². The number of fused-ring (bicyclic) bond motifs is 1. The van der Waals surface area contributed by atoms with Crippen LogP contribution in [0.1, 0.15) is 16.1 Å². The minimum atomic E-state index is 0.376. The zero-order valence-corrected chi connectivity index (χ0v) is 16.1. The van der Waals surface area contributed by atoms with Gasteiger partial charge < -0.3 is 0 Å². The summed E-state index contributed by atoms with van der Waals surface area (Å²) in [5.74, 6) is 0. The van der Waals surface area contributed by atoms with Crippen molar-refractivity contribution in [1.82, 2.24) is 9.97 Å². The van der Waals surface area contributed by atoms with Crippen LogP contribution in [0.15, 0.2) is 60.0 Å². The second-order valence-electron chi connectivity index (χ2n) is 6.14. The van der Waals surface area contributed by atoms with Gasteiger partial charge in [0.1, 0.15) is 16.2 Å². The van der Waals surface area contributed by atoms with E-state index in [0.717, 1.165) is 27.7 Å². The highest BCUT2D eigenvalue weighted by Gasteiger charge is 2.11. The highest BCUT2D eigenvalue weighted by Crippen LogP contribution is 2.29. The number of nitriles is 1. The molecule has 2 heterocycles. The Morgan fingerprint density at radius 1 is 1.11 bits per heavy atom. The third-order valence-corrected chi connectivity index (χ3v) is 5.36. The summed E-state index contributed by atoms with van der Waals surface area (Å²) < 4.78 is 0. The van der Waals surface area contributed by atoms with Gasteiger partial charge in [0.25, 0.3) is 0 Å². The van der Waals surface area contributed by atoms with Crippen LogP contribution < -0.4 is 0 Å². The Balaban J connectivity index is 1.75. The molecular formula is C22H14ClN3S. The summed E-state index contributed by atoms with van der Waals surface area (Å²) in [4.78, 5) is 9.08. The number of thiazole rings is 1. The Labute approximate surface area is 166 Å². The van der Waals surface area contributed by atoms with Crippen LogP contribution in [0.2, 0.25) is 5.15 Å². The molecular weight excluding hydrogens is 374 g/mol. The summed E-state index contributed by atoms with van der Waals surface area (Å²) in [6, 6.07) is 20.1. The van der Waals surface area contributed by atoms with Gasteiger partial charge >= 0.3 is 0 Å². The first-order valence-electron chi connectivity index (χ1n) is 8.34. The lowest BCUT2D eigenvalue weighted by atomic mass is 10.1. The Hall–Kier alpha value is -3.00. The lowest BCUT2D eigenvalue weighted by Gasteiger charge is -2.04. The van der Waals surface area contributed by atoms with Crippen molar-refractivity contribution >= 4 is 45.5 Å². The molecule has 4 aromatic rings. The van der Waals surface area contributed by atoms with Gasteiger partial charge in [0.15, 0.2) is 0 Å². The van der Waals surface area contributed by atoms with Crippen LogP contribution in [0, 0.1) is 18.3 Å². The number of aromatic nitrogens is 2. The van der Waals surface area contributed by atoms with Crippen molar-refractivity contribution in [2.24, 2.45) is 0 Å². The molecule has 0 bridgehead atoms. The summed E-state index contributed by atoms with van der Waals surface area (Å²) >= 11 is 7.81. The minimum Gasteiger partial charge on any atom is -0.235 e. The van der Waals surface area contributed by atoms with E-state index in [9.17, 15) is 5.26 Å². The Kier molecular flexibility index (Phi) is 4.72. The largest absolute Gasteiger partial charge is 0.235 e. The van der Waals surface area contributed by atoms with Crippen LogP contribution in [-0.2, 0) is 0 Å². The molecule has 0 N–H and O–H groups in total. The van der Waals surface area contributed by atoms with Crippen LogP contribution in [0.5, 0.6) is 0 Å². The van der Waals surface area contributed by atoms with Crippen LogP contribution in [0.4, 0.5) is 0 Å². The number of nitrogens with zero attached hydrogens (tertiary/aromatic N) is 3. The van der Waals surface area contributed by atoms with E-state index in [1.165, 1.54) is 11.3 Å². The van der Waals surface area contributed by atoms with Gasteiger partial charge in [-0.2, -0.15) is 5.26 Å². The van der Waals surface area contributed by atoms with Crippen molar-refractivity contribution in [3.8, 4) is 17.3 Å². The standard InChI is InChI=1S/C22H14ClN3S/c1-14-7-8-16-10-17(21(23)25-19(16)9-14)11-18(12-24)22-26-20(13-27-22)15-5-3-2-4-6-15/h2-11,13H,1H3. The Morgan fingerprint density at radius 2 is 1.93 bits per heavy atom. The third-order valence-electron chi connectivity index (χ3n) is 4.18. The first-order valence-corrected chi connectivity index (χ1v) is 9.60. The average Bonchev–Trinajstić information content (AvgIpc) is 3.17. The summed E-state index contributed by atoms with van der Waals surface area (Å²) in [5.41, 5.74) is 5.03. The Morgan fingerprint density at radius 3 is 2.70 bits per heavy atom. The number of benzene rings is 2. The number of rotatable bonds is 3. The van der Waals surface area contributed by atoms with Gasteiger partial charge in [0.2, 0.25) is 0 Å². The molecule has 0 aliphatic rings. The fraction of sp³-hybridized carbons (Fsp3) is 0.0455. The van der Waals surface area contributed by atoms with Crippen LogP contribution in [0.3, 0.4) is 0 Å². The van der Waals surface area contributed by atoms with Gasteiger partial charge in [-0.25, -0.2) is 9.97 Å². The number of halogens is 1. The van der Waals surface area contributed by atoms with Crippen molar-refractivity contribution < 1.29 is 0 Å². The van der Waals surface area contributed by atoms with Crippen LogP contribution in [-0.4, -0.2) is 9.97 Å². The summed E-state index contributed by atoms with van der Waals surface area (Å²) in [6.45, 7) is 2.02. The second kappa shape index (κ2) is 7.32. The number of pyridine rings is 1. The normalized spacial score (nSPS) is 11.5. The molecule has 2 aromatic carbocycles. The predicted molar refractivity (Wildman–Crippen MR) is 113 cm³/mol. The third kappa shape index (κ3) is 3.61. The van der Waals surface area contributed by atoms with E-state index in [-0.39, 0.29) is 0 Å². The van der Waals surface area contributed by atoms with E-state index in [1.54, 1.807) is 6.08 Å². The first-order chi connectivity index (χ1) is 13.1. The molecule has 0 saturated carbocycles. The molecule has 0 spiro atoms. The predicted octanol–water partition coefficient (Wildman–Crippen LogP) is 6.38. The number of hydrogen-bond donors (Lipinski definition) is 0. The van der Waals surface area contributed by atoms with Gasteiger partial charge in [-0.3, -0.25) is 0 Å². The van der Waals surface area contributed by atoms with Gasteiger partial charge in [-0.15, -0.1) is 11.3 Å². The molecule has 0 atom stereocenters. The maximum atomic E-state index is 9.65. The second-order valence-corrected chi connectivity index (χ2v) is 7.35. The number of hydrogen-bond acceptors (Lipinski definition) is 4. The lowest BCUT2D eigenvalue weighted by Crippen LogP contribution is -1.88. The Bertz CT molecular complexity index is 1200. The smallest absolute Gasteiger partial charge is 0.137 e. The fourth-order valence-electron chi connectivity index (χ4n) is 2.81. The van der Waals surface area contributed by atoms with Gasteiger partial charge in [0, 0.05) is 21.9 Å². The molecule has 0 aliphatic carbocycles. The van der Waals surface area contributed by atoms with E-state index in [1.807, 2.05) is 66.9 Å². The maximum Gasteiger partial charge on any atom is 0.137 e. The van der Waals surface area contributed by atoms with Crippen LogP contribution in [0.25, 0.3) is 33.8 Å². The molecule has 0 saturated heterocycles. The first kappa shape index (κ1) is 17.4. The van der Waals surface area contributed by atoms with Gasteiger partial charge in [-0.1, -0.05) is 54.1 Å². The fourth-order valence-corrected chi connectivity index (χ4v) is 3.80. The van der Waals surface area contributed by atoms with Crippen molar-refractivity contribution in [3.05, 3.63) is 81.3 Å². The molecule has 0 radical (unpaired) electrons. The molecule has 130 valence electrons. The number of aryl methyl sites for hydroxylation is 1. The van der Waals surface area contributed by atoms with Gasteiger partial charge in [-0.05, 0) is 30.7 Å². The summed E-state index contributed by atoms with van der Waals surface area (Å²) in [7, 11) is 0. The topological polar surface area (TPSA) is 49.6 Å². The molecule has 2 aromatic heterocycles. The minimum absolute atomic E-state index is 0.376. The number of allylic oxidation sites excluding steroid dienone is 1. The summed E-state index contributed by atoms with van der Waals surface area (Å²) in [5, 5.41) is 13.6. The van der Waals surface area contributed by atoms with E-state index >= 15 is 0 Å². The maximum absolute atomic E-state index is 9.65. The molecule has 5 heteroatoms. The molecule has 0 fully saturated rings. The molecule has 4 rings (SSSR count). The lowest BCUT2D eigenvalue weighted by molar-refractivity contribution is 1.36. The van der Waals surface area contributed by atoms with Crippen molar-refractivity contribution in [3.63, 3.8) is 0 Å². The van der Waals surface area contributed by atoms with Crippen molar-refractivity contribution in [1.29, 1.82) is 5.26 Å². The van der Waals surface area contributed by atoms with Crippen LogP contribution >= 0.6 is 22.9 Å². The molecule has 0 amide bonds. The van der Waals surface area contributed by atoms with Crippen molar-refractivity contribution in [2.45, 2.75) is 6.92 Å². The van der Waals surface area contributed by atoms with Gasteiger partial charge in [0.05, 0.1) is 16.8 Å². The molecule has 27 heavy (non-hydrogen) atoms. The zero-order valence-electron chi connectivity index (χ0n) is 14.5. The zero-order chi connectivity index (χ0) is 18.8. The van der Waals surface area contributed by atoms with E-state index in [4.69, 9.17) is 11.6 Å². The summed E-state index contributed by atoms with van der Waals surface area (Å²) in [6.07, 6.45) is 1.75. The monoisotopic (exact) mass is 387 g/mol. The van der Waals surface area contributed by atoms with E-state index < -0.39 is 0 Å². The quantitative estimate of drug-likeness (QED) is 0.302. The SMILES string of the molecule is Cc1ccc2cc(C=C(C#N)c3nc(-c4ccccc4)cs3)c(Cl)nc2c1. The molecule has 0 aliphatic heterocycles. The highest BCUT2D eigenvalue weighted by molar-refractivity contribution is 7.11.